The minimum absolute atomic E-state index is 0.194. The van der Waals surface area contributed by atoms with Crippen molar-refractivity contribution in [3.8, 4) is 12.1 Å². The standard InChI is InChI=1S/C12H13N3O2S/c1-3-10(7-13)18(16,17)15-12-6-4-5-9(2)11(12)8-14/h4-6,10,15H,3H2,1-2H3. The molecule has 0 radical (unpaired) electrons. The summed E-state index contributed by atoms with van der Waals surface area (Å²) in [5.41, 5.74) is 1.17. The summed E-state index contributed by atoms with van der Waals surface area (Å²) in [5.74, 6) is 0. The number of sulfonamides is 1. The number of rotatable bonds is 4. The Hall–Kier alpha value is -2.05. The fourth-order valence-electron chi connectivity index (χ4n) is 1.51. The minimum Gasteiger partial charge on any atom is -0.281 e. The summed E-state index contributed by atoms with van der Waals surface area (Å²) in [5, 5.41) is 16.7. The summed E-state index contributed by atoms with van der Waals surface area (Å²) in [6.07, 6.45) is 0.194. The van der Waals surface area contributed by atoms with Crippen molar-refractivity contribution in [2.75, 3.05) is 4.72 Å². The van der Waals surface area contributed by atoms with Gasteiger partial charge in [0.1, 0.15) is 6.07 Å². The summed E-state index contributed by atoms with van der Waals surface area (Å²) in [4.78, 5) is 0. The van der Waals surface area contributed by atoms with Gasteiger partial charge >= 0.3 is 0 Å². The van der Waals surface area contributed by atoms with Gasteiger partial charge in [-0.2, -0.15) is 10.5 Å². The van der Waals surface area contributed by atoms with E-state index < -0.39 is 15.3 Å². The second-order valence-electron chi connectivity index (χ2n) is 3.78. The molecule has 1 aromatic carbocycles. The third-order valence-corrected chi connectivity index (χ3v) is 4.22. The van der Waals surface area contributed by atoms with Crippen LogP contribution >= 0.6 is 0 Å². The number of hydrogen-bond donors (Lipinski definition) is 1. The molecule has 0 bridgehead atoms. The molecule has 0 heterocycles. The summed E-state index contributed by atoms with van der Waals surface area (Å²) in [6, 6.07) is 8.56. The number of aryl methyl sites for hydroxylation is 1. The maximum absolute atomic E-state index is 11.9. The molecule has 5 nitrogen and oxygen atoms in total. The van der Waals surface area contributed by atoms with Crippen molar-refractivity contribution < 1.29 is 8.42 Å². The van der Waals surface area contributed by atoms with E-state index in [1.165, 1.54) is 6.07 Å². The van der Waals surface area contributed by atoms with Crippen LogP contribution in [0.25, 0.3) is 0 Å². The quantitative estimate of drug-likeness (QED) is 0.897. The Morgan fingerprint density at radius 2 is 2.06 bits per heavy atom. The monoisotopic (exact) mass is 263 g/mol. The average Bonchev–Trinajstić information content (AvgIpc) is 2.30. The van der Waals surface area contributed by atoms with Gasteiger partial charge in [0.2, 0.25) is 10.0 Å². The highest BCUT2D eigenvalue weighted by Gasteiger charge is 2.24. The first-order valence-corrected chi connectivity index (χ1v) is 6.91. The molecule has 1 N–H and O–H groups in total. The van der Waals surface area contributed by atoms with Crippen LogP contribution in [0.2, 0.25) is 0 Å². The molecule has 1 atom stereocenters. The lowest BCUT2D eigenvalue weighted by Crippen LogP contribution is -2.26. The van der Waals surface area contributed by atoms with E-state index in [1.807, 2.05) is 6.07 Å². The van der Waals surface area contributed by atoms with Crippen LogP contribution in [0.1, 0.15) is 24.5 Å². The number of nitrogens with zero attached hydrogens (tertiary/aromatic N) is 2. The molecular weight excluding hydrogens is 250 g/mol. The smallest absolute Gasteiger partial charge is 0.249 e. The van der Waals surface area contributed by atoms with E-state index in [-0.39, 0.29) is 17.7 Å². The van der Waals surface area contributed by atoms with Gasteiger partial charge in [-0.1, -0.05) is 19.1 Å². The average molecular weight is 263 g/mol. The van der Waals surface area contributed by atoms with E-state index in [2.05, 4.69) is 4.72 Å². The molecule has 0 spiro atoms. The molecule has 1 unspecified atom stereocenters. The number of anilines is 1. The maximum Gasteiger partial charge on any atom is 0.249 e. The molecule has 0 aromatic heterocycles. The van der Waals surface area contributed by atoms with Crippen molar-refractivity contribution in [1.29, 1.82) is 10.5 Å². The lowest BCUT2D eigenvalue weighted by atomic mass is 10.1. The summed E-state index contributed by atoms with van der Waals surface area (Å²) < 4.78 is 26.1. The second kappa shape index (κ2) is 5.52. The maximum atomic E-state index is 11.9. The largest absolute Gasteiger partial charge is 0.281 e. The van der Waals surface area contributed by atoms with Gasteiger partial charge in [0.05, 0.1) is 17.3 Å². The van der Waals surface area contributed by atoms with Gasteiger partial charge in [-0.3, -0.25) is 4.72 Å². The van der Waals surface area contributed by atoms with Crippen LogP contribution in [0.5, 0.6) is 0 Å². The van der Waals surface area contributed by atoms with E-state index in [4.69, 9.17) is 10.5 Å². The fraction of sp³-hybridized carbons (Fsp3) is 0.333. The van der Waals surface area contributed by atoms with E-state index in [0.717, 1.165) is 0 Å². The zero-order valence-corrected chi connectivity index (χ0v) is 11.0. The van der Waals surface area contributed by atoms with Crippen molar-refractivity contribution in [2.24, 2.45) is 0 Å². The van der Waals surface area contributed by atoms with Gasteiger partial charge in [-0.25, -0.2) is 8.42 Å². The van der Waals surface area contributed by atoms with Crippen molar-refractivity contribution in [3.05, 3.63) is 29.3 Å². The van der Waals surface area contributed by atoms with Crippen LogP contribution in [-0.2, 0) is 10.0 Å². The molecular formula is C12H13N3O2S. The lowest BCUT2D eigenvalue weighted by Gasteiger charge is -2.13. The summed E-state index contributed by atoms with van der Waals surface area (Å²) in [7, 11) is -3.79. The number of nitriles is 2. The van der Waals surface area contributed by atoms with Gasteiger partial charge in [0.15, 0.2) is 5.25 Å². The van der Waals surface area contributed by atoms with Crippen LogP contribution in [0.4, 0.5) is 5.69 Å². The molecule has 0 aliphatic heterocycles. The van der Waals surface area contributed by atoms with Crippen molar-refractivity contribution in [1.82, 2.24) is 0 Å². The molecule has 18 heavy (non-hydrogen) atoms. The summed E-state index contributed by atoms with van der Waals surface area (Å²) in [6.45, 7) is 3.34. The molecule has 0 fully saturated rings. The van der Waals surface area contributed by atoms with E-state index in [0.29, 0.717) is 5.56 Å². The Labute approximate surface area is 107 Å². The molecule has 0 saturated heterocycles. The van der Waals surface area contributed by atoms with E-state index >= 15 is 0 Å². The zero-order valence-electron chi connectivity index (χ0n) is 10.1. The van der Waals surface area contributed by atoms with Crippen LogP contribution in [0, 0.1) is 29.6 Å². The van der Waals surface area contributed by atoms with Gasteiger partial charge in [-0.15, -0.1) is 0 Å². The molecule has 0 aliphatic carbocycles. The van der Waals surface area contributed by atoms with Crippen LogP contribution in [0.3, 0.4) is 0 Å². The molecule has 0 aliphatic rings. The SMILES string of the molecule is CCC(C#N)S(=O)(=O)Nc1cccc(C)c1C#N. The Morgan fingerprint density at radius 3 is 2.56 bits per heavy atom. The summed E-state index contributed by atoms with van der Waals surface area (Å²) >= 11 is 0. The Morgan fingerprint density at radius 1 is 1.39 bits per heavy atom. The number of hydrogen-bond acceptors (Lipinski definition) is 4. The van der Waals surface area contributed by atoms with Crippen LogP contribution in [-0.4, -0.2) is 13.7 Å². The van der Waals surface area contributed by atoms with Gasteiger partial charge in [0, 0.05) is 0 Å². The Balaban J connectivity index is 3.18. The predicted octanol–water partition coefficient (Wildman–Crippen LogP) is 1.91. The van der Waals surface area contributed by atoms with Crippen molar-refractivity contribution in [3.63, 3.8) is 0 Å². The topological polar surface area (TPSA) is 93.8 Å². The molecule has 6 heteroatoms. The molecule has 94 valence electrons. The fourth-order valence-corrected chi connectivity index (χ4v) is 2.70. The highest BCUT2D eigenvalue weighted by molar-refractivity contribution is 7.93. The van der Waals surface area contributed by atoms with Gasteiger partial charge in [0.25, 0.3) is 0 Å². The first kappa shape index (κ1) is 14.0. The Kier molecular flexibility index (Phi) is 4.30. The van der Waals surface area contributed by atoms with Crippen molar-refractivity contribution in [2.45, 2.75) is 25.5 Å². The number of nitrogens with one attached hydrogen (secondary N) is 1. The second-order valence-corrected chi connectivity index (χ2v) is 5.65. The third kappa shape index (κ3) is 2.79. The van der Waals surface area contributed by atoms with E-state index in [1.54, 1.807) is 32.0 Å². The highest BCUT2D eigenvalue weighted by Crippen LogP contribution is 2.21. The Bertz CT molecular complexity index is 624. The number of benzene rings is 1. The van der Waals surface area contributed by atoms with Gasteiger partial charge < -0.3 is 0 Å². The van der Waals surface area contributed by atoms with Gasteiger partial charge in [-0.05, 0) is 25.0 Å². The molecule has 0 saturated carbocycles. The zero-order chi connectivity index (χ0) is 13.8. The van der Waals surface area contributed by atoms with Crippen LogP contribution in [0.15, 0.2) is 18.2 Å². The molecule has 1 aromatic rings. The normalized spacial score (nSPS) is 12.2. The third-order valence-electron chi connectivity index (χ3n) is 2.53. The van der Waals surface area contributed by atoms with E-state index in [9.17, 15) is 8.42 Å². The van der Waals surface area contributed by atoms with Crippen molar-refractivity contribution >= 4 is 15.7 Å². The first-order chi connectivity index (χ1) is 8.46. The molecule has 0 amide bonds. The predicted molar refractivity (Wildman–Crippen MR) is 68.1 cm³/mol. The highest BCUT2D eigenvalue weighted by atomic mass is 32.2. The van der Waals surface area contributed by atoms with Crippen LogP contribution < -0.4 is 4.72 Å². The lowest BCUT2D eigenvalue weighted by molar-refractivity contribution is 0.593. The minimum atomic E-state index is -3.79. The molecule has 1 rings (SSSR count). The first-order valence-electron chi connectivity index (χ1n) is 5.37.